The summed E-state index contributed by atoms with van der Waals surface area (Å²) >= 11 is 0. The summed E-state index contributed by atoms with van der Waals surface area (Å²) in [6.07, 6.45) is -0.485. The van der Waals surface area contributed by atoms with Gasteiger partial charge in [0.25, 0.3) is 0 Å². The van der Waals surface area contributed by atoms with Crippen LogP contribution < -0.4 is 10.1 Å². The highest BCUT2D eigenvalue weighted by Gasteiger charge is 2.40. The molecule has 0 unspecified atom stereocenters. The van der Waals surface area contributed by atoms with Crippen LogP contribution in [0.2, 0.25) is 0 Å². The first-order valence-corrected chi connectivity index (χ1v) is 8.99. The molecule has 0 radical (unpaired) electrons. The van der Waals surface area contributed by atoms with Gasteiger partial charge in [0.05, 0.1) is 18.2 Å². The number of hydrogen-bond acceptors (Lipinski definition) is 4. The van der Waals surface area contributed by atoms with Crippen molar-refractivity contribution in [2.24, 2.45) is 4.99 Å². The molecule has 5 nitrogen and oxygen atoms in total. The summed E-state index contributed by atoms with van der Waals surface area (Å²) in [6, 6.07) is 13.7. The zero-order valence-corrected chi connectivity index (χ0v) is 16.7. The summed E-state index contributed by atoms with van der Waals surface area (Å²) in [5, 5.41) is 2.81. The first-order valence-electron chi connectivity index (χ1n) is 8.99. The standard InChI is InChI=1S/C22H26N2O3/c1-14-22(5,16-9-7-8-10-18(16)23-14)17-13-15(11-12-19(17)26-6)24-20(25)27-21(2,3)4/h7-13H,1-6H3,(H,24,25)/t22-/m0/s1. The Bertz CT molecular complexity index is 912. The zero-order valence-electron chi connectivity index (χ0n) is 16.7. The van der Waals surface area contributed by atoms with Gasteiger partial charge in [0.15, 0.2) is 0 Å². The maximum atomic E-state index is 12.2. The number of amides is 1. The van der Waals surface area contributed by atoms with Gasteiger partial charge in [-0.3, -0.25) is 10.3 Å². The highest BCUT2D eigenvalue weighted by Crippen LogP contribution is 2.47. The Morgan fingerprint density at radius 1 is 1.11 bits per heavy atom. The van der Waals surface area contributed by atoms with Crippen molar-refractivity contribution in [3.8, 4) is 5.75 Å². The van der Waals surface area contributed by atoms with E-state index in [1.54, 1.807) is 7.11 Å². The molecule has 0 fully saturated rings. The maximum absolute atomic E-state index is 12.2. The van der Waals surface area contributed by atoms with Crippen LogP contribution in [-0.2, 0) is 10.2 Å². The predicted octanol–water partition coefficient (Wildman–Crippen LogP) is 5.45. The second-order valence-corrected chi connectivity index (χ2v) is 7.88. The minimum Gasteiger partial charge on any atom is -0.496 e. The summed E-state index contributed by atoms with van der Waals surface area (Å²) in [4.78, 5) is 16.9. The molecule has 0 saturated heterocycles. The van der Waals surface area contributed by atoms with Crippen LogP contribution in [0.25, 0.3) is 0 Å². The maximum Gasteiger partial charge on any atom is 0.412 e. The van der Waals surface area contributed by atoms with E-state index in [0.717, 1.165) is 28.3 Å². The van der Waals surface area contributed by atoms with E-state index in [9.17, 15) is 4.79 Å². The number of nitrogens with zero attached hydrogens (tertiary/aromatic N) is 1. The number of rotatable bonds is 3. The van der Waals surface area contributed by atoms with Gasteiger partial charge in [-0.15, -0.1) is 0 Å². The summed E-state index contributed by atoms with van der Waals surface area (Å²) in [5.74, 6) is 0.749. The number of nitrogens with one attached hydrogen (secondary N) is 1. The summed E-state index contributed by atoms with van der Waals surface area (Å²) < 4.78 is 11.0. The third-order valence-corrected chi connectivity index (χ3v) is 4.84. The molecule has 0 bridgehead atoms. The number of aliphatic imine (C=N–C) groups is 1. The van der Waals surface area contributed by atoms with Gasteiger partial charge in [0, 0.05) is 17.0 Å². The van der Waals surface area contributed by atoms with Crippen molar-refractivity contribution >= 4 is 23.2 Å². The van der Waals surface area contributed by atoms with Gasteiger partial charge in [-0.2, -0.15) is 0 Å². The van der Waals surface area contributed by atoms with Crippen molar-refractivity contribution < 1.29 is 14.3 Å². The first kappa shape index (κ1) is 19.0. The van der Waals surface area contributed by atoms with Crippen molar-refractivity contribution in [3.05, 3.63) is 53.6 Å². The van der Waals surface area contributed by atoms with E-state index >= 15 is 0 Å². The second kappa shape index (κ2) is 6.72. The average Bonchev–Trinajstić information content (AvgIpc) is 2.85. The SMILES string of the molecule is COc1ccc(NC(=O)OC(C)(C)C)cc1[C@@]1(C)C(C)=Nc2ccccc21. The van der Waals surface area contributed by atoms with Gasteiger partial charge in [0.1, 0.15) is 11.4 Å². The van der Waals surface area contributed by atoms with Crippen LogP contribution in [0.4, 0.5) is 16.2 Å². The molecule has 1 atom stereocenters. The van der Waals surface area contributed by atoms with E-state index in [1.807, 2.05) is 64.1 Å². The van der Waals surface area contributed by atoms with E-state index in [4.69, 9.17) is 14.5 Å². The number of carbonyl (C=O) groups is 1. The van der Waals surface area contributed by atoms with Gasteiger partial charge >= 0.3 is 6.09 Å². The minimum atomic E-state index is -0.557. The molecule has 2 aromatic carbocycles. The van der Waals surface area contributed by atoms with Gasteiger partial charge in [0.2, 0.25) is 0 Å². The summed E-state index contributed by atoms with van der Waals surface area (Å²) in [6.45, 7) is 9.66. The van der Waals surface area contributed by atoms with Crippen LogP contribution in [0.3, 0.4) is 0 Å². The third-order valence-electron chi connectivity index (χ3n) is 4.84. The first-order chi connectivity index (χ1) is 12.6. The Balaban J connectivity index is 2.03. The van der Waals surface area contributed by atoms with Crippen molar-refractivity contribution in [2.45, 2.75) is 45.6 Å². The number of anilines is 1. The number of benzene rings is 2. The monoisotopic (exact) mass is 366 g/mol. The zero-order chi connectivity index (χ0) is 19.8. The molecule has 0 spiro atoms. The van der Waals surface area contributed by atoms with Crippen molar-refractivity contribution in [3.63, 3.8) is 0 Å². The number of ether oxygens (including phenoxy) is 2. The summed E-state index contributed by atoms with van der Waals surface area (Å²) in [7, 11) is 1.65. The van der Waals surface area contributed by atoms with Gasteiger partial charge in [-0.25, -0.2) is 4.79 Å². The molecule has 3 rings (SSSR count). The fourth-order valence-electron chi connectivity index (χ4n) is 3.42. The van der Waals surface area contributed by atoms with Crippen LogP contribution in [-0.4, -0.2) is 24.5 Å². The van der Waals surface area contributed by atoms with Gasteiger partial charge in [-0.1, -0.05) is 18.2 Å². The lowest BCUT2D eigenvalue weighted by molar-refractivity contribution is 0.0636. The molecule has 1 aliphatic heterocycles. The molecule has 27 heavy (non-hydrogen) atoms. The van der Waals surface area contributed by atoms with Crippen LogP contribution >= 0.6 is 0 Å². The molecule has 1 amide bonds. The molecular formula is C22H26N2O3. The van der Waals surface area contributed by atoms with E-state index in [2.05, 4.69) is 18.3 Å². The van der Waals surface area contributed by atoms with Gasteiger partial charge < -0.3 is 9.47 Å². The average molecular weight is 366 g/mol. The molecule has 1 N–H and O–H groups in total. The Labute approximate surface area is 160 Å². The van der Waals surface area contributed by atoms with Crippen LogP contribution in [0.5, 0.6) is 5.75 Å². The van der Waals surface area contributed by atoms with E-state index in [0.29, 0.717) is 5.69 Å². The van der Waals surface area contributed by atoms with Crippen LogP contribution in [0, 0.1) is 0 Å². The van der Waals surface area contributed by atoms with Crippen molar-refractivity contribution in [1.29, 1.82) is 0 Å². The molecule has 1 heterocycles. The molecule has 0 aromatic heterocycles. The number of methoxy groups -OCH3 is 1. The highest BCUT2D eigenvalue weighted by molar-refractivity contribution is 6.03. The Hall–Kier alpha value is -2.82. The molecular weight excluding hydrogens is 340 g/mol. The predicted molar refractivity (Wildman–Crippen MR) is 109 cm³/mol. The smallest absolute Gasteiger partial charge is 0.412 e. The molecule has 142 valence electrons. The second-order valence-electron chi connectivity index (χ2n) is 7.88. The van der Waals surface area contributed by atoms with Crippen LogP contribution in [0.1, 0.15) is 45.7 Å². The van der Waals surface area contributed by atoms with E-state index in [1.165, 1.54) is 0 Å². The third kappa shape index (κ3) is 3.54. The van der Waals surface area contributed by atoms with E-state index < -0.39 is 17.1 Å². The fraction of sp³-hybridized carbons (Fsp3) is 0.364. The Morgan fingerprint density at radius 2 is 1.81 bits per heavy atom. The largest absolute Gasteiger partial charge is 0.496 e. The Morgan fingerprint density at radius 3 is 2.48 bits per heavy atom. The molecule has 2 aromatic rings. The number of fused-ring (bicyclic) bond motifs is 1. The fourth-order valence-corrected chi connectivity index (χ4v) is 3.42. The quantitative estimate of drug-likeness (QED) is 0.785. The van der Waals surface area contributed by atoms with Crippen LogP contribution in [0.15, 0.2) is 47.5 Å². The number of para-hydroxylation sites is 1. The van der Waals surface area contributed by atoms with Gasteiger partial charge in [-0.05, 0) is 64.4 Å². The lowest BCUT2D eigenvalue weighted by Gasteiger charge is -2.29. The normalized spacial score (nSPS) is 18.5. The van der Waals surface area contributed by atoms with Crippen molar-refractivity contribution in [1.82, 2.24) is 0 Å². The minimum absolute atomic E-state index is 0.437. The topological polar surface area (TPSA) is 59.9 Å². The number of carbonyl (C=O) groups excluding carboxylic acids is 1. The molecule has 0 saturated carbocycles. The number of hydrogen-bond donors (Lipinski definition) is 1. The lowest BCUT2D eigenvalue weighted by Crippen LogP contribution is -2.30. The van der Waals surface area contributed by atoms with Crippen molar-refractivity contribution in [2.75, 3.05) is 12.4 Å². The molecule has 5 heteroatoms. The summed E-state index contributed by atoms with van der Waals surface area (Å²) in [5.41, 5.74) is 3.67. The molecule has 1 aliphatic rings. The van der Waals surface area contributed by atoms with E-state index in [-0.39, 0.29) is 0 Å². The molecule has 0 aliphatic carbocycles. The Kier molecular flexibility index (Phi) is 4.72. The lowest BCUT2D eigenvalue weighted by atomic mass is 9.73. The highest BCUT2D eigenvalue weighted by atomic mass is 16.6.